The minimum Gasteiger partial charge on any atom is -0.497 e. The molecule has 0 bridgehead atoms. The maximum atomic E-state index is 13.0. The van der Waals surface area contributed by atoms with Crippen LogP contribution in [0.1, 0.15) is 16.2 Å². The number of aryl methyl sites for hydroxylation is 1. The van der Waals surface area contributed by atoms with Crippen LogP contribution >= 0.6 is 0 Å². The van der Waals surface area contributed by atoms with Crippen molar-refractivity contribution in [3.8, 4) is 5.75 Å². The predicted octanol–water partition coefficient (Wildman–Crippen LogP) is 3.61. The number of hydrogen-bond acceptors (Lipinski definition) is 8. The van der Waals surface area contributed by atoms with E-state index in [2.05, 4.69) is 15.3 Å². The fraction of sp³-hybridized carbons (Fsp3) is 0.231. The van der Waals surface area contributed by atoms with Crippen molar-refractivity contribution in [2.45, 2.75) is 6.92 Å². The highest BCUT2D eigenvalue weighted by molar-refractivity contribution is 5.93. The number of para-hydroxylation sites is 1. The van der Waals surface area contributed by atoms with E-state index in [0.717, 1.165) is 17.1 Å². The average Bonchev–Trinajstić information content (AvgIpc) is 2.88. The molecular formula is C26H25N5O4. The van der Waals surface area contributed by atoms with Crippen LogP contribution in [0.3, 0.4) is 0 Å². The van der Waals surface area contributed by atoms with E-state index in [4.69, 9.17) is 9.15 Å². The molecule has 1 N–H and O–H groups in total. The van der Waals surface area contributed by atoms with Gasteiger partial charge in [0.15, 0.2) is 11.2 Å². The number of methoxy groups -OCH3 is 1. The Labute approximate surface area is 202 Å². The summed E-state index contributed by atoms with van der Waals surface area (Å²) in [7, 11) is 1.63. The normalized spacial score (nSPS) is 13.7. The van der Waals surface area contributed by atoms with Crippen molar-refractivity contribution in [1.29, 1.82) is 0 Å². The molecule has 0 spiro atoms. The Hall–Kier alpha value is -4.40. The summed E-state index contributed by atoms with van der Waals surface area (Å²) in [5, 5.41) is 3.77. The summed E-state index contributed by atoms with van der Waals surface area (Å²) in [4.78, 5) is 38.4. The van der Waals surface area contributed by atoms with Crippen LogP contribution in [-0.4, -0.2) is 54.1 Å². The van der Waals surface area contributed by atoms with Gasteiger partial charge < -0.3 is 24.3 Å². The number of rotatable bonds is 5. The molecule has 1 aliphatic heterocycles. The van der Waals surface area contributed by atoms with E-state index in [0.29, 0.717) is 48.9 Å². The molecule has 5 rings (SSSR count). The van der Waals surface area contributed by atoms with Crippen LogP contribution in [0.4, 0.5) is 17.5 Å². The van der Waals surface area contributed by atoms with Crippen molar-refractivity contribution in [2.24, 2.45) is 0 Å². The van der Waals surface area contributed by atoms with E-state index in [9.17, 15) is 9.59 Å². The molecule has 0 unspecified atom stereocenters. The van der Waals surface area contributed by atoms with Gasteiger partial charge in [-0.05, 0) is 43.3 Å². The van der Waals surface area contributed by atoms with Crippen LogP contribution in [0, 0.1) is 6.92 Å². The molecule has 0 atom stereocenters. The molecule has 9 nitrogen and oxygen atoms in total. The third kappa shape index (κ3) is 4.79. The molecule has 2 aromatic carbocycles. The Morgan fingerprint density at radius 3 is 2.49 bits per heavy atom. The Bertz CT molecular complexity index is 1430. The van der Waals surface area contributed by atoms with E-state index in [-0.39, 0.29) is 17.1 Å². The van der Waals surface area contributed by atoms with Gasteiger partial charge in [-0.15, -0.1) is 0 Å². The van der Waals surface area contributed by atoms with Gasteiger partial charge in [0.1, 0.15) is 17.2 Å². The van der Waals surface area contributed by atoms with Gasteiger partial charge in [-0.25, -0.2) is 4.98 Å². The van der Waals surface area contributed by atoms with E-state index >= 15 is 0 Å². The van der Waals surface area contributed by atoms with Gasteiger partial charge >= 0.3 is 0 Å². The first kappa shape index (κ1) is 22.4. The summed E-state index contributed by atoms with van der Waals surface area (Å²) in [5.74, 6) is 1.84. The van der Waals surface area contributed by atoms with Gasteiger partial charge in [0, 0.05) is 49.7 Å². The largest absolute Gasteiger partial charge is 0.497 e. The number of ether oxygens (including phenoxy) is 1. The molecule has 0 aliphatic carbocycles. The summed E-state index contributed by atoms with van der Waals surface area (Å²) >= 11 is 0. The van der Waals surface area contributed by atoms with Crippen LogP contribution in [0.5, 0.6) is 5.75 Å². The molecule has 1 amide bonds. The second-order valence-corrected chi connectivity index (χ2v) is 8.30. The quantitative estimate of drug-likeness (QED) is 0.471. The van der Waals surface area contributed by atoms with Gasteiger partial charge in [-0.2, -0.15) is 4.98 Å². The number of carbonyl (C=O) groups is 1. The predicted molar refractivity (Wildman–Crippen MR) is 134 cm³/mol. The van der Waals surface area contributed by atoms with E-state index < -0.39 is 0 Å². The molecule has 0 radical (unpaired) electrons. The summed E-state index contributed by atoms with van der Waals surface area (Å²) < 4.78 is 10.9. The summed E-state index contributed by atoms with van der Waals surface area (Å²) in [5.41, 5.74) is 1.91. The van der Waals surface area contributed by atoms with Gasteiger partial charge in [0.05, 0.1) is 12.5 Å². The standard InChI is InChI=1S/C26H25N5O4/c1-17-15-24(28-18-7-9-19(34-2)10-8-18)29-26(27-17)31-13-11-30(12-14-31)25(33)23-16-21(32)20-5-3-4-6-22(20)35-23/h3-10,15-16H,11-14H2,1-2H3,(H,27,28,29). The lowest BCUT2D eigenvalue weighted by molar-refractivity contribution is 0.0714. The third-order valence-electron chi connectivity index (χ3n) is 5.90. The number of aromatic nitrogens is 2. The SMILES string of the molecule is COc1ccc(Nc2cc(C)nc(N3CCN(C(=O)c4cc(=O)c5ccccc5o4)CC3)n2)cc1. The lowest BCUT2D eigenvalue weighted by Gasteiger charge is -2.34. The number of piperazine rings is 1. The minimum absolute atomic E-state index is 0.0555. The fourth-order valence-electron chi connectivity index (χ4n) is 4.06. The topological polar surface area (TPSA) is 101 Å². The first-order valence-electron chi connectivity index (χ1n) is 11.3. The number of anilines is 3. The number of amides is 1. The monoisotopic (exact) mass is 471 g/mol. The molecule has 1 saturated heterocycles. The molecule has 35 heavy (non-hydrogen) atoms. The van der Waals surface area contributed by atoms with Crippen LogP contribution in [0.15, 0.2) is 69.9 Å². The van der Waals surface area contributed by atoms with Crippen LogP contribution in [0.25, 0.3) is 11.0 Å². The smallest absolute Gasteiger partial charge is 0.289 e. The molecule has 0 saturated carbocycles. The van der Waals surface area contributed by atoms with Crippen molar-refractivity contribution >= 4 is 34.3 Å². The first-order chi connectivity index (χ1) is 17.0. The number of hydrogen-bond donors (Lipinski definition) is 1. The second-order valence-electron chi connectivity index (χ2n) is 8.30. The van der Waals surface area contributed by atoms with Crippen molar-refractivity contribution in [3.05, 3.63) is 82.3 Å². The average molecular weight is 472 g/mol. The number of fused-ring (bicyclic) bond motifs is 1. The first-order valence-corrected chi connectivity index (χ1v) is 11.3. The molecule has 2 aromatic heterocycles. The zero-order valence-corrected chi connectivity index (χ0v) is 19.5. The molecule has 1 fully saturated rings. The summed E-state index contributed by atoms with van der Waals surface area (Å²) in [6.07, 6.45) is 0. The molecule has 178 valence electrons. The Morgan fingerprint density at radius 2 is 1.74 bits per heavy atom. The number of nitrogens with zero attached hydrogens (tertiary/aromatic N) is 4. The molecule has 1 aliphatic rings. The highest BCUT2D eigenvalue weighted by atomic mass is 16.5. The third-order valence-corrected chi connectivity index (χ3v) is 5.90. The fourth-order valence-corrected chi connectivity index (χ4v) is 4.06. The number of nitrogens with one attached hydrogen (secondary N) is 1. The second kappa shape index (κ2) is 9.46. The maximum absolute atomic E-state index is 13.0. The van der Waals surface area contributed by atoms with Gasteiger partial charge in [0.2, 0.25) is 5.95 Å². The Balaban J connectivity index is 1.27. The van der Waals surface area contributed by atoms with E-state index in [1.807, 2.05) is 42.2 Å². The molecule has 4 aromatic rings. The van der Waals surface area contributed by atoms with Gasteiger partial charge in [-0.3, -0.25) is 9.59 Å². The van der Waals surface area contributed by atoms with Crippen LogP contribution in [-0.2, 0) is 0 Å². The van der Waals surface area contributed by atoms with Gasteiger partial charge in [0.25, 0.3) is 5.91 Å². The van der Waals surface area contributed by atoms with Crippen molar-refractivity contribution in [1.82, 2.24) is 14.9 Å². The maximum Gasteiger partial charge on any atom is 0.289 e. The highest BCUT2D eigenvalue weighted by Gasteiger charge is 2.26. The minimum atomic E-state index is -0.292. The van der Waals surface area contributed by atoms with E-state index in [1.165, 1.54) is 6.07 Å². The van der Waals surface area contributed by atoms with Gasteiger partial charge in [-0.1, -0.05) is 12.1 Å². The zero-order chi connectivity index (χ0) is 24.4. The number of carbonyl (C=O) groups excluding carboxylic acids is 1. The Kier molecular flexibility index (Phi) is 6.05. The van der Waals surface area contributed by atoms with E-state index in [1.54, 1.807) is 36.3 Å². The molecule has 3 heterocycles. The summed E-state index contributed by atoms with van der Waals surface area (Å²) in [6, 6.07) is 17.7. The van der Waals surface area contributed by atoms with Crippen molar-refractivity contribution in [3.63, 3.8) is 0 Å². The van der Waals surface area contributed by atoms with Crippen molar-refractivity contribution < 1.29 is 13.9 Å². The van der Waals surface area contributed by atoms with Crippen LogP contribution in [0.2, 0.25) is 0 Å². The number of benzene rings is 2. The summed E-state index contributed by atoms with van der Waals surface area (Å²) in [6.45, 7) is 3.98. The Morgan fingerprint density at radius 1 is 1.00 bits per heavy atom. The molecular weight excluding hydrogens is 446 g/mol. The lowest BCUT2D eigenvalue weighted by Crippen LogP contribution is -2.49. The van der Waals surface area contributed by atoms with Crippen molar-refractivity contribution in [2.75, 3.05) is 43.5 Å². The molecule has 9 heteroatoms. The zero-order valence-electron chi connectivity index (χ0n) is 19.5. The lowest BCUT2D eigenvalue weighted by atomic mass is 10.2. The highest BCUT2D eigenvalue weighted by Crippen LogP contribution is 2.22. The van der Waals surface area contributed by atoms with Crippen LogP contribution < -0.4 is 20.4 Å².